The summed E-state index contributed by atoms with van der Waals surface area (Å²) in [4.78, 5) is 28.5. The molecule has 0 aliphatic carbocycles. The first-order valence-electron chi connectivity index (χ1n) is 7.78. The van der Waals surface area contributed by atoms with Crippen LogP contribution in [0.2, 0.25) is 0 Å². The average Bonchev–Trinajstić information content (AvgIpc) is 2.59. The third kappa shape index (κ3) is 2.93. The van der Waals surface area contributed by atoms with E-state index in [1.807, 2.05) is 0 Å². The Hall–Kier alpha value is -1.11. The van der Waals surface area contributed by atoms with Crippen LogP contribution in [0.25, 0.3) is 0 Å². The second-order valence-corrected chi connectivity index (χ2v) is 8.57. The third-order valence-corrected chi connectivity index (χ3v) is 6.64. The number of carbonyl (C=O) groups is 2. The van der Waals surface area contributed by atoms with Gasteiger partial charge in [0.05, 0.1) is 11.5 Å². The maximum atomic E-state index is 12.8. The monoisotopic (exact) mass is 314 g/mol. The normalized spacial score (nSPS) is 31.0. The lowest BCUT2D eigenvalue weighted by atomic mass is 10.0. The van der Waals surface area contributed by atoms with Gasteiger partial charge in [-0.05, 0) is 32.1 Å². The van der Waals surface area contributed by atoms with Crippen molar-refractivity contribution in [2.24, 2.45) is 0 Å². The Morgan fingerprint density at radius 1 is 0.905 bits per heavy atom. The van der Waals surface area contributed by atoms with Crippen LogP contribution in [0.3, 0.4) is 0 Å². The van der Waals surface area contributed by atoms with Crippen molar-refractivity contribution in [2.45, 2.75) is 50.6 Å². The van der Waals surface area contributed by atoms with Crippen molar-refractivity contribution in [3.8, 4) is 0 Å². The van der Waals surface area contributed by atoms with Gasteiger partial charge in [-0.1, -0.05) is 0 Å². The molecule has 3 heterocycles. The van der Waals surface area contributed by atoms with Crippen LogP contribution in [0.4, 0.5) is 0 Å². The molecule has 0 aromatic carbocycles. The zero-order chi connectivity index (χ0) is 15.0. The van der Waals surface area contributed by atoms with Gasteiger partial charge in [0.2, 0.25) is 11.8 Å². The van der Waals surface area contributed by atoms with Crippen molar-refractivity contribution in [1.29, 1.82) is 0 Å². The molecule has 0 spiro atoms. The van der Waals surface area contributed by atoms with Crippen LogP contribution in [-0.2, 0) is 19.4 Å². The van der Waals surface area contributed by atoms with E-state index in [1.165, 1.54) is 0 Å². The first-order chi connectivity index (χ1) is 9.98. The summed E-state index contributed by atoms with van der Waals surface area (Å²) >= 11 is 0. The van der Waals surface area contributed by atoms with Crippen molar-refractivity contribution in [2.75, 3.05) is 24.6 Å². The predicted molar refractivity (Wildman–Crippen MR) is 77.4 cm³/mol. The Morgan fingerprint density at radius 2 is 1.62 bits per heavy atom. The van der Waals surface area contributed by atoms with Crippen LogP contribution >= 0.6 is 0 Å². The van der Waals surface area contributed by atoms with Crippen molar-refractivity contribution >= 4 is 21.7 Å². The summed E-state index contributed by atoms with van der Waals surface area (Å²) in [7, 11) is -2.93. The van der Waals surface area contributed by atoms with Gasteiger partial charge in [0.25, 0.3) is 0 Å². The summed E-state index contributed by atoms with van der Waals surface area (Å²) in [5.74, 6) is 0.414. The highest BCUT2D eigenvalue weighted by Crippen LogP contribution is 2.27. The molecule has 0 radical (unpaired) electrons. The summed E-state index contributed by atoms with van der Waals surface area (Å²) in [6.45, 7) is 1.12. The predicted octanol–water partition coefficient (Wildman–Crippen LogP) is 0.177. The Balaban J connectivity index is 1.77. The van der Waals surface area contributed by atoms with Gasteiger partial charge < -0.3 is 9.80 Å². The van der Waals surface area contributed by atoms with E-state index in [9.17, 15) is 18.0 Å². The first kappa shape index (κ1) is 14.8. The fraction of sp³-hybridized carbons (Fsp3) is 0.857. The molecule has 1 atom stereocenters. The molecule has 0 bridgehead atoms. The molecule has 6 nitrogen and oxygen atoms in total. The van der Waals surface area contributed by atoms with Crippen molar-refractivity contribution in [3.05, 3.63) is 0 Å². The molecule has 3 rings (SSSR count). The Morgan fingerprint density at radius 3 is 2.33 bits per heavy atom. The average molecular weight is 314 g/mol. The minimum atomic E-state index is -2.93. The SMILES string of the molecule is O=C1C2CCCCN2C(=O)CCN1C1CCS(=O)(=O)CC1. The fourth-order valence-electron chi connectivity index (χ4n) is 3.70. The lowest BCUT2D eigenvalue weighted by Gasteiger charge is -2.38. The summed E-state index contributed by atoms with van der Waals surface area (Å²) in [5.41, 5.74) is 0. The molecule has 2 amide bonds. The molecule has 0 saturated carbocycles. The molecular weight excluding hydrogens is 292 g/mol. The molecular formula is C14H22N2O4S. The molecule has 3 fully saturated rings. The van der Waals surface area contributed by atoms with E-state index < -0.39 is 9.84 Å². The van der Waals surface area contributed by atoms with Crippen molar-refractivity contribution < 1.29 is 18.0 Å². The van der Waals surface area contributed by atoms with Crippen molar-refractivity contribution in [3.63, 3.8) is 0 Å². The lowest BCUT2D eigenvalue weighted by molar-refractivity contribution is -0.144. The number of nitrogens with zero attached hydrogens (tertiary/aromatic N) is 2. The molecule has 0 aromatic heterocycles. The fourth-order valence-corrected chi connectivity index (χ4v) is 5.17. The number of hydrogen-bond donors (Lipinski definition) is 0. The Kier molecular flexibility index (Phi) is 3.94. The van der Waals surface area contributed by atoms with Gasteiger partial charge in [-0.2, -0.15) is 0 Å². The highest BCUT2D eigenvalue weighted by Gasteiger charge is 2.41. The summed E-state index contributed by atoms with van der Waals surface area (Å²) in [6, 6.07) is -0.331. The van der Waals surface area contributed by atoms with Gasteiger partial charge in [0, 0.05) is 25.6 Å². The first-order valence-corrected chi connectivity index (χ1v) is 9.60. The van der Waals surface area contributed by atoms with Crippen LogP contribution in [0.1, 0.15) is 38.5 Å². The Labute approximate surface area is 125 Å². The maximum Gasteiger partial charge on any atom is 0.245 e. The van der Waals surface area contributed by atoms with E-state index in [4.69, 9.17) is 0 Å². The number of sulfone groups is 1. The van der Waals surface area contributed by atoms with E-state index in [0.29, 0.717) is 32.4 Å². The van der Waals surface area contributed by atoms with Crippen LogP contribution in [0.5, 0.6) is 0 Å². The van der Waals surface area contributed by atoms with E-state index in [1.54, 1.807) is 9.80 Å². The number of rotatable bonds is 1. The summed E-state index contributed by atoms with van der Waals surface area (Å²) < 4.78 is 23.1. The molecule has 0 aromatic rings. The van der Waals surface area contributed by atoms with Crippen LogP contribution in [0, 0.1) is 0 Å². The highest BCUT2D eigenvalue weighted by atomic mass is 32.2. The maximum absolute atomic E-state index is 12.8. The van der Waals surface area contributed by atoms with Gasteiger partial charge >= 0.3 is 0 Å². The van der Waals surface area contributed by atoms with E-state index in [2.05, 4.69) is 0 Å². The minimum Gasteiger partial charge on any atom is -0.337 e. The number of hydrogen-bond acceptors (Lipinski definition) is 4. The van der Waals surface area contributed by atoms with E-state index in [0.717, 1.165) is 19.3 Å². The molecule has 0 N–H and O–H groups in total. The van der Waals surface area contributed by atoms with E-state index in [-0.39, 0.29) is 35.4 Å². The molecule has 3 aliphatic heterocycles. The molecule has 3 aliphatic rings. The number of piperidine rings is 1. The van der Waals surface area contributed by atoms with Crippen LogP contribution < -0.4 is 0 Å². The molecule has 7 heteroatoms. The van der Waals surface area contributed by atoms with E-state index >= 15 is 0 Å². The van der Waals surface area contributed by atoms with Crippen LogP contribution in [0.15, 0.2) is 0 Å². The second-order valence-electron chi connectivity index (χ2n) is 6.26. The quantitative estimate of drug-likeness (QED) is 0.692. The minimum absolute atomic E-state index is 0.0179. The third-order valence-electron chi connectivity index (χ3n) is 4.92. The summed E-state index contributed by atoms with van der Waals surface area (Å²) in [6.07, 6.45) is 4.08. The van der Waals surface area contributed by atoms with Gasteiger partial charge in [-0.25, -0.2) is 8.42 Å². The second kappa shape index (κ2) is 5.59. The van der Waals surface area contributed by atoms with Gasteiger partial charge in [-0.15, -0.1) is 0 Å². The summed E-state index contributed by atoms with van der Waals surface area (Å²) in [5, 5.41) is 0. The molecule has 3 saturated heterocycles. The topological polar surface area (TPSA) is 74.8 Å². The zero-order valence-corrected chi connectivity index (χ0v) is 13.0. The number of amides is 2. The zero-order valence-electron chi connectivity index (χ0n) is 12.2. The lowest BCUT2D eigenvalue weighted by Crippen LogP contribution is -2.53. The van der Waals surface area contributed by atoms with Crippen LogP contribution in [-0.4, -0.2) is 66.7 Å². The molecule has 1 unspecified atom stereocenters. The highest BCUT2D eigenvalue weighted by molar-refractivity contribution is 7.91. The molecule has 21 heavy (non-hydrogen) atoms. The number of fused-ring (bicyclic) bond motifs is 1. The molecule has 118 valence electrons. The van der Waals surface area contributed by atoms with Gasteiger partial charge in [0.15, 0.2) is 0 Å². The van der Waals surface area contributed by atoms with Crippen molar-refractivity contribution in [1.82, 2.24) is 9.80 Å². The van der Waals surface area contributed by atoms with Gasteiger partial charge in [-0.3, -0.25) is 9.59 Å². The standard InChI is InChI=1S/C14H22N2O4S/c17-13-4-8-15(11-5-9-21(19,20)10-6-11)14(18)12-3-1-2-7-16(12)13/h11-12H,1-10H2. The number of carbonyl (C=O) groups excluding carboxylic acids is 2. The smallest absolute Gasteiger partial charge is 0.245 e. The Bertz CT molecular complexity index is 531. The largest absolute Gasteiger partial charge is 0.337 e. The van der Waals surface area contributed by atoms with Gasteiger partial charge in [0.1, 0.15) is 15.9 Å².